The van der Waals surface area contributed by atoms with Crippen LogP contribution in [-0.2, 0) is 17.6 Å². The molecule has 1 aliphatic rings. The van der Waals surface area contributed by atoms with Crippen LogP contribution < -0.4 is 0 Å². The first-order chi connectivity index (χ1) is 16.9. The van der Waals surface area contributed by atoms with Gasteiger partial charge >= 0.3 is 5.97 Å². The number of ether oxygens (including phenoxy) is 1. The smallest absolute Gasteiger partial charge is 0.359 e. The Morgan fingerprint density at radius 2 is 1.83 bits per heavy atom. The summed E-state index contributed by atoms with van der Waals surface area (Å²) in [7, 11) is 0. The zero-order chi connectivity index (χ0) is 24.5. The minimum atomic E-state index is -0.850. The number of benzene rings is 2. The summed E-state index contributed by atoms with van der Waals surface area (Å²) in [5.74, 6) is -0.739. The van der Waals surface area contributed by atoms with Gasteiger partial charge in [0.2, 0.25) is 5.89 Å². The molecule has 11 heteroatoms. The number of halogens is 1. The van der Waals surface area contributed by atoms with Crippen molar-refractivity contribution in [1.29, 1.82) is 0 Å². The third-order valence-corrected chi connectivity index (χ3v) is 5.84. The summed E-state index contributed by atoms with van der Waals surface area (Å²) in [5.41, 5.74) is 3.07. The number of carbonyl (C=O) groups is 1. The maximum atomic E-state index is 13.4. The van der Waals surface area contributed by atoms with E-state index in [0.29, 0.717) is 17.7 Å². The molecule has 1 aliphatic carbocycles. The molecule has 5 rings (SSSR count). The van der Waals surface area contributed by atoms with Crippen molar-refractivity contribution in [3.05, 3.63) is 87.3 Å². The average Bonchev–Trinajstić information content (AvgIpc) is 3.51. The van der Waals surface area contributed by atoms with Crippen molar-refractivity contribution in [3.63, 3.8) is 0 Å². The van der Waals surface area contributed by atoms with Gasteiger partial charge in [-0.1, -0.05) is 0 Å². The normalized spacial score (nSPS) is 13.8. The Bertz CT molecular complexity index is 1390. The van der Waals surface area contributed by atoms with Gasteiger partial charge < -0.3 is 9.15 Å². The van der Waals surface area contributed by atoms with Crippen LogP contribution in [0.5, 0.6) is 0 Å². The van der Waals surface area contributed by atoms with Gasteiger partial charge in [0.15, 0.2) is 11.8 Å². The summed E-state index contributed by atoms with van der Waals surface area (Å²) in [6.45, 7) is 1.61. The molecule has 0 fully saturated rings. The highest BCUT2D eigenvalue weighted by atomic mass is 19.1. The van der Waals surface area contributed by atoms with Crippen LogP contribution in [0.25, 0.3) is 17.1 Å². The molecule has 4 aromatic rings. The van der Waals surface area contributed by atoms with Gasteiger partial charge in [-0.05, 0) is 69.0 Å². The van der Waals surface area contributed by atoms with Crippen LogP contribution in [0.15, 0.2) is 52.9 Å². The molecule has 0 spiro atoms. The van der Waals surface area contributed by atoms with Crippen molar-refractivity contribution < 1.29 is 23.3 Å². The second-order valence-corrected chi connectivity index (χ2v) is 8.17. The summed E-state index contributed by atoms with van der Waals surface area (Å²) in [6, 6.07) is 11.6. The van der Waals surface area contributed by atoms with Crippen LogP contribution in [0.4, 0.5) is 10.1 Å². The topological polar surface area (TPSA) is 126 Å². The molecule has 0 amide bonds. The number of nitrogens with zero attached hydrogens (tertiary/aromatic N) is 5. The fraction of sp³-hybridized carbons (Fsp3) is 0.250. The molecule has 0 N–H and O–H groups in total. The Balaban J connectivity index is 1.36. The number of nitro groups is 1. The van der Waals surface area contributed by atoms with Gasteiger partial charge in [-0.3, -0.25) is 10.1 Å². The lowest BCUT2D eigenvalue weighted by atomic mass is 9.95. The molecule has 2 aromatic heterocycles. The van der Waals surface area contributed by atoms with Gasteiger partial charge in [0.25, 0.3) is 11.6 Å². The summed E-state index contributed by atoms with van der Waals surface area (Å²) in [4.78, 5) is 23.4. The van der Waals surface area contributed by atoms with Gasteiger partial charge in [-0.25, -0.2) is 13.9 Å². The monoisotopic (exact) mass is 477 g/mol. The van der Waals surface area contributed by atoms with Crippen LogP contribution >= 0.6 is 0 Å². The van der Waals surface area contributed by atoms with E-state index in [0.717, 1.165) is 30.5 Å². The Morgan fingerprint density at radius 1 is 1.11 bits per heavy atom. The zero-order valence-electron chi connectivity index (χ0n) is 18.7. The van der Waals surface area contributed by atoms with Crippen molar-refractivity contribution in [1.82, 2.24) is 20.0 Å². The molecule has 10 nitrogen and oxygen atoms in total. The van der Waals surface area contributed by atoms with E-state index in [9.17, 15) is 19.3 Å². The van der Waals surface area contributed by atoms with Gasteiger partial charge in [0.1, 0.15) is 5.82 Å². The third-order valence-electron chi connectivity index (χ3n) is 5.84. The van der Waals surface area contributed by atoms with E-state index in [4.69, 9.17) is 9.15 Å². The molecule has 2 aromatic carbocycles. The second kappa shape index (κ2) is 9.09. The molecule has 0 bridgehead atoms. The molecule has 0 saturated carbocycles. The molecule has 1 unspecified atom stereocenters. The summed E-state index contributed by atoms with van der Waals surface area (Å²) < 4.78 is 26.3. The average molecular weight is 477 g/mol. The number of rotatable bonds is 6. The molecule has 1 atom stereocenters. The lowest BCUT2D eigenvalue weighted by Gasteiger charge is -2.14. The predicted octanol–water partition coefficient (Wildman–Crippen LogP) is 4.77. The number of esters is 1. The van der Waals surface area contributed by atoms with Crippen molar-refractivity contribution >= 4 is 11.7 Å². The Kier molecular flexibility index (Phi) is 5.81. The van der Waals surface area contributed by atoms with Crippen molar-refractivity contribution in [2.75, 3.05) is 0 Å². The molecule has 0 saturated heterocycles. The van der Waals surface area contributed by atoms with E-state index in [1.54, 1.807) is 23.7 Å². The summed E-state index contributed by atoms with van der Waals surface area (Å²) >= 11 is 0. The number of fused-ring (bicyclic) bond motifs is 1. The maximum Gasteiger partial charge on any atom is 0.359 e. The van der Waals surface area contributed by atoms with Crippen molar-refractivity contribution in [2.24, 2.45) is 0 Å². The first-order valence-corrected chi connectivity index (χ1v) is 11.1. The highest BCUT2D eigenvalue weighted by Gasteiger charge is 2.29. The van der Waals surface area contributed by atoms with E-state index in [1.165, 1.54) is 36.4 Å². The van der Waals surface area contributed by atoms with E-state index in [2.05, 4.69) is 15.3 Å². The number of nitro benzene ring substituents is 1. The predicted molar refractivity (Wildman–Crippen MR) is 120 cm³/mol. The van der Waals surface area contributed by atoms with Crippen LogP contribution in [0, 0.1) is 15.9 Å². The number of carbonyl (C=O) groups excluding carboxylic acids is 1. The first kappa shape index (κ1) is 22.4. The third kappa shape index (κ3) is 4.39. The van der Waals surface area contributed by atoms with E-state index in [1.807, 2.05) is 0 Å². The minimum absolute atomic E-state index is 0.0563. The molecule has 0 radical (unpaired) electrons. The van der Waals surface area contributed by atoms with E-state index < -0.39 is 17.0 Å². The summed E-state index contributed by atoms with van der Waals surface area (Å²) in [5, 5.41) is 23.3. The second-order valence-electron chi connectivity index (χ2n) is 8.17. The van der Waals surface area contributed by atoms with Crippen molar-refractivity contribution in [2.45, 2.75) is 38.7 Å². The maximum absolute atomic E-state index is 13.4. The van der Waals surface area contributed by atoms with E-state index in [-0.39, 0.29) is 29.0 Å². The molecular weight excluding hydrogens is 457 g/mol. The van der Waals surface area contributed by atoms with Crippen molar-refractivity contribution in [3.8, 4) is 17.1 Å². The highest BCUT2D eigenvalue weighted by molar-refractivity contribution is 5.89. The van der Waals surface area contributed by atoms with Gasteiger partial charge in [-0.15, -0.1) is 10.2 Å². The fourth-order valence-corrected chi connectivity index (χ4v) is 4.07. The SMILES string of the molecule is CC(OC(=O)c1nn(-c2ccc(F)cc2)c2c1CCCC2)c1nnc(-c2ccc([N+](=O)[O-])cc2)o1. The molecule has 0 aliphatic heterocycles. The van der Waals surface area contributed by atoms with Crippen LogP contribution in [0.3, 0.4) is 0 Å². The quantitative estimate of drug-likeness (QED) is 0.221. The number of hydrogen-bond donors (Lipinski definition) is 0. The first-order valence-electron chi connectivity index (χ1n) is 11.1. The largest absolute Gasteiger partial charge is 0.448 e. The molecule has 2 heterocycles. The Labute approximate surface area is 198 Å². The van der Waals surface area contributed by atoms with Crippen LogP contribution in [0.2, 0.25) is 0 Å². The lowest BCUT2D eigenvalue weighted by molar-refractivity contribution is -0.384. The Hall–Kier alpha value is -4.41. The van der Waals surface area contributed by atoms with Gasteiger partial charge in [-0.2, -0.15) is 5.10 Å². The van der Waals surface area contributed by atoms with E-state index >= 15 is 0 Å². The molecule has 35 heavy (non-hydrogen) atoms. The number of aromatic nitrogens is 4. The van der Waals surface area contributed by atoms with Gasteiger partial charge in [0.05, 0.1) is 10.6 Å². The molecular formula is C24H20FN5O5. The number of hydrogen-bond acceptors (Lipinski definition) is 8. The van der Waals surface area contributed by atoms with Crippen LogP contribution in [0.1, 0.15) is 53.5 Å². The Morgan fingerprint density at radius 3 is 2.54 bits per heavy atom. The number of non-ortho nitro benzene ring substituents is 1. The highest BCUT2D eigenvalue weighted by Crippen LogP contribution is 2.29. The van der Waals surface area contributed by atoms with Gasteiger partial charge in [0, 0.05) is 29.0 Å². The van der Waals surface area contributed by atoms with Crippen LogP contribution in [-0.4, -0.2) is 30.9 Å². The lowest BCUT2D eigenvalue weighted by Crippen LogP contribution is -2.13. The minimum Gasteiger partial charge on any atom is -0.448 e. The molecule has 178 valence electrons. The summed E-state index contributed by atoms with van der Waals surface area (Å²) in [6.07, 6.45) is 2.50. The zero-order valence-corrected chi connectivity index (χ0v) is 18.7. The standard InChI is InChI=1S/C24H20FN5O5/c1-14(22-26-27-23(35-22)15-6-10-18(11-7-15)30(32)33)34-24(31)21-19-4-2-3-5-20(19)29(28-21)17-12-8-16(25)9-13-17/h6-14H,2-5H2,1H3. The fourth-order valence-electron chi connectivity index (χ4n) is 4.07.